The van der Waals surface area contributed by atoms with Crippen LogP contribution in [-0.2, 0) is 4.74 Å². The SMILES string of the molecule is CCC(C)=CCOC(=O)Cl. The van der Waals surface area contributed by atoms with E-state index in [9.17, 15) is 4.79 Å². The monoisotopic (exact) mass is 162 g/mol. The van der Waals surface area contributed by atoms with Crippen molar-refractivity contribution in [3.63, 3.8) is 0 Å². The topological polar surface area (TPSA) is 26.3 Å². The summed E-state index contributed by atoms with van der Waals surface area (Å²) in [6, 6.07) is 0. The first-order chi connectivity index (χ1) is 4.66. The molecular formula is C7H11ClO2. The van der Waals surface area contributed by atoms with Crippen molar-refractivity contribution in [1.82, 2.24) is 0 Å². The highest BCUT2D eigenvalue weighted by molar-refractivity contribution is 6.61. The van der Waals surface area contributed by atoms with Gasteiger partial charge in [-0.25, -0.2) is 4.79 Å². The molecule has 0 radical (unpaired) electrons. The predicted molar refractivity (Wildman–Crippen MR) is 41.2 cm³/mol. The van der Waals surface area contributed by atoms with Crippen LogP contribution in [0, 0.1) is 0 Å². The van der Waals surface area contributed by atoms with Gasteiger partial charge in [0.1, 0.15) is 6.61 Å². The van der Waals surface area contributed by atoms with Crippen LogP contribution in [0.15, 0.2) is 11.6 Å². The zero-order valence-electron chi connectivity index (χ0n) is 6.19. The van der Waals surface area contributed by atoms with Gasteiger partial charge >= 0.3 is 5.43 Å². The molecule has 0 amide bonds. The number of hydrogen-bond acceptors (Lipinski definition) is 2. The number of rotatable bonds is 3. The second-order valence-corrected chi connectivity index (χ2v) is 2.26. The molecule has 0 rings (SSSR count). The highest BCUT2D eigenvalue weighted by Gasteiger charge is 1.91. The van der Waals surface area contributed by atoms with E-state index in [4.69, 9.17) is 11.6 Å². The van der Waals surface area contributed by atoms with Crippen LogP contribution >= 0.6 is 11.6 Å². The van der Waals surface area contributed by atoms with Gasteiger partial charge in [-0.15, -0.1) is 0 Å². The van der Waals surface area contributed by atoms with Gasteiger partial charge in [-0.2, -0.15) is 0 Å². The predicted octanol–water partition coefficient (Wildman–Crippen LogP) is 2.72. The molecule has 0 saturated carbocycles. The third-order valence-corrected chi connectivity index (χ3v) is 1.30. The van der Waals surface area contributed by atoms with Crippen molar-refractivity contribution < 1.29 is 9.53 Å². The lowest BCUT2D eigenvalue weighted by atomic mass is 10.2. The molecule has 0 atom stereocenters. The summed E-state index contributed by atoms with van der Waals surface area (Å²) in [6.45, 7) is 4.29. The van der Waals surface area contributed by atoms with Crippen LogP contribution in [0.5, 0.6) is 0 Å². The van der Waals surface area contributed by atoms with Gasteiger partial charge < -0.3 is 4.74 Å². The summed E-state index contributed by atoms with van der Waals surface area (Å²) in [5, 5.41) is 0. The third-order valence-electron chi connectivity index (χ3n) is 1.19. The van der Waals surface area contributed by atoms with E-state index < -0.39 is 5.43 Å². The third kappa shape index (κ3) is 5.63. The fraction of sp³-hybridized carbons (Fsp3) is 0.571. The van der Waals surface area contributed by atoms with E-state index in [1.54, 1.807) is 0 Å². The largest absolute Gasteiger partial charge is 0.449 e. The van der Waals surface area contributed by atoms with E-state index >= 15 is 0 Å². The first kappa shape index (κ1) is 9.50. The quantitative estimate of drug-likeness (QED) is 0.471. The minimum atomic E-state index is -0.750. The van der Waals surface area contributed by atoms with Crippen LogP contribution in [-0.4, -0.2) is 12.0 Å². The molecule has 58 valence electrons. The normalized spacial score (nSPS) is 11.3. The van der Waals surface area contributed by atoms with Crippen molar-refractivity contribution in [3.05, 3.63) is 11.6 Å². The van der Waals surface area contributed by atoms with Crippen LogP contribution < -0.4 is 0 Å². The lowest BCUT2D eigenvalue weighted by Gasteiger charge is -1.95. The van der Waals surface area contributed by atoms with Crippen LogP contribution in [0.25, 0.3) is 0 Å². The molecule has 0 aliphatic carbocycles. The van der Waals surface area contributed by atoms with Gasteiger partial charge in [-0.05, 0) is 19.4 Å². The molecule has 0 unspecified atom stereocenters. The Kier molecular flexibility index (Phi) is 5.03. The fourth-order valence-electron chi connectivity index (χ4n) is 0.394. The Morgan fingerprint density at radius 2 is 2.30 bits per heavy atom. The van der Waals surface area contributed by atoms with Gasteiger partial charge in [0, 0.05) is 11.6 Å². The first-order valence-electron chi connectivity index (χ1n) is 3.14. The molecule has 0 fully saturated rings. The molecule has 0 bridgehead atoms. The maximum absolute atomic E-state index is 10.0. The fourth-order valence-corrected chi connectivity index (χ4v) is 0.457. The molecular weight excluding hydrogens is 152 g/mol. The maximum atomic E-state index is 10.0. The van der Waals surface area contributed by atoms with Crippen LogP contribution in [0.3, 0.4) is 0 Å². The molecule has 0 heterocycles. The lowest BCUT2D eigenvalue weighted by molar-refractivity contribution is 0.186. The van der Waals surface area contributed by atoms with Gasteiger partial charge in [-0.1, -0.05) is 12.5 Å². The molecule has 0 spiro atoms. The Morgan fingerprint density at radius 1 is 1.70 bits per heavy atom. The Morgan fingerprint density at radius 3 is 2.70 bits per heavy atom. The molecule has 10 heavy (non-hydrogen) atoms. The maximum Gasteiger partial charge on any atom is 0.404 e. The summed E-state index contributed by atoms with van der Waals surface area (Å²) in [4.78, 5) is 10.0. The Hall–Kier alpha value is -0.500. The highest BCUT2D eigenvalue weighted by atomic mass is 35.5. The average molecular weight is 163 g/mol. The van der Waals surface area contributed by atoms with Gasteiger partial charge in [0.15, 0.2) is 0 Å². The Bertz CT molecular complexity index is 141. The standard InChI is InChI=1S/C7H11ClO2/c1-3-6(2)4-5-10-7(8)9/h4H,3,5H2,1-2H3. The summed E-state index contributed by atoms with van der Waals surface area (Å²) in [7, 11) is 0. The second kappa shape index (κ2) is 5.30. The molecule has 3 heteroatoms. The number of carbonyl (C=O) groups excluding carboxylic acids is 1. The first-order valence-corrected chi connectivity index (χ1v) is 3.52. The van der Waals surface area contributed by atoms with Gasteiger partial charge in [0.25, 0.3) is 0 Å². The summed E-state index contributed by atoms with van der Waals surface area (Å²) >= 11 is 4.91. The minimum Gasteiger partial charge on any atom is -0.449 e. The van der Waals surface area contributed by atoms with Crippen molar-refractivity contribution >= 4 is 17.0 Å². The molecule has 0 aromatic rings. The van der Waals surface area contributed by atoms with Crippen molar-refractivity contribution in [3.8, 4) is 0 Å². The van der Waals surface area contributed by atoms with E-state index in [0.29, 0.717) is 0 Å². The zero-order valence-corrected chi connectivity index (χ0v) is 6.94. The average Bonchev–Trinajstić information content (AvgIpc) is 1.87. The smallest absolute Gasteiger partial charge is 0.404 e. The van der Waals surface area contributed by atoms with Crippen LogP contribution in [0.2, 0.25) is 0 Å². The second-order valence-electron chi connectivity index (χ2n) is 1.95. The number of halogens is 1. The number of allylic oxidation sites excluding steroid dienone is 1. The summed E-state index contributed by atoms with van der Waals surface area (Å²) in [5.41, 5.74) is 0.443. The van der Waals surface area contributed by atoms with Gasteiger partial charge in [0.05, 0.1) is 0 Å². The van der Waals surface area contributed by atoms with E-state index in [1.807, 2.05) is 19.9 Å². The van der Waals surface area contributed by atoms with Gasteiger partial charge in [0.2, 0.25) is 0 Å². The highest BCUT2D eigenvalue weighted by Crippen LogP contribution is 1.97. The Labute approximate surface area is 65.8 Å². The van der Waals surface area contributed by atoms with E-state index in [1.165, 1.54) is 5.57 Å². The van der Waals surface area contributed by atoms with Crippen LogP contribution in [0.1, 0.15) is 20.3 Å². The molecule has 2 nitrogen and oxygen atoms in total. The molecule has 0 saturated heterocycles. The summed E-state index contributed by atoms with van der Waals surface area (Å²) < 4.78 is 4.46. The van der Waals surface area contributed by atoms with Crippen molar-refractivity contribution in [2.45, 2.75) is 20.3 Å². The summed E-state index contributed by atoms with van der Waals surface area (Å²) in [5.74, 6) is 0. The molecule has 0 aromatic heterocycles. The van der Waals surface area contributed by atoms with Crippen molar-refractivity contribution in [1.29, 1.82) is 0 Å². The van der Waals surface area contributed by atoms with Crippen LogP contribution in [0.4, 0.5) is 4.79 Å². The number of ether oxygens (including phenoxy) is 1. The molecule has 0 aliphatic heterocycles. The van der Waals surface area contributed by atoms with Gasteiger partial charge in [-0.3, -0.25) is 0 Å². The molecule has 0 aromatic carbocycles. The lowest BCUT2D eigenvalue weighted by Crippen LogP contribution is -1.93. The van der Waals surface area contributed by atoms with Crippen molar-refractivity contribution in [2.75, 3.05) is 6.61 Å². The number of carbonyl (C=O) groups is 1. The van der Waals surface area contributed by atoms with Crippen molar-refractivity contribution in [2.24, 2.45) is 0 Å². The molecule has 0 N–H and O–H groups in total. The Balaban J connectivity index is 3.43. The van der Waals surface area contributed by atoms with E-state index in [-0.39, 0.29) is 6.61 Å². The summed E-state index contributed by atoms with van der Waals surface area (Å²) in [6.07, 6.45) is 2.81. The van der Waals surface area contributed by atoms with E-state index in [2.05, 4.69) is 4.74 Å². The minimum absolute atomic E-state index is 0.280. The molecule has 0 aliphatic rings. The number of hydrogen-bond donors (Lipinski definition) is 0. The van der Waals surface area contributed by atoms with E-state index in [0.717, 1.165) is 6.42 Å². The zero-order chi connectivity index (χ0) is 7.98.